The van der Waals surface area contributed by atoms with Gasteiger partial charge in [-0.05, 0) is 54.5 Å². The summed E-state index contributed by atoms with van der Waals surface area (Å²) in [5.74, 6) is 2.51. The van der Waals surface area contributed by atoms with Gasteiger partial charge < -0.3 is 14.4 Å². The van der Waals surface area contributed by atoms with Crippen molar-refractivity contribution in [1.82, 2.24) is 24.7 Å². The Morgan fingerprint density at radius 2 is 1.51 bits per heavy atom. The molecule has 2 heterocycles. The van der Waals surface area contributed by atoms with Crippen LogP contribution in [0.4, 0.5) is 5.95 Å². The summed E-state index contributed by atoms with van der Waals surface area (Å²) in [6.45, 7) is 3.04. The topological polar surface area (TPSA) is 95.3 Å². The average molecular weight is 471 g/mol. The molecule has 9 nitrogen and oxygen atoms in total. The third-order valence-electron chi connectivity index (χ3n) is 5.49. The van der Waals surface area contributed by atoms with E-state index in [0.717, 1.165) is 40.2 Å². The SMILES string of the molecule is COc1ccc(CN(Cc2ccc(OC)cc2)c2ncnc(-n3ncc(C=CC=O)c3C)n2)cc1. The highest BCUT2D eigenvalue weighted by Gasteiger charge is 2.16. The van der Waals surface area contributed by atoms with Gasteiger partial charge in [0.2, 0.25) is 5.95 Å². The fourth-order valence-electron chi connectivity index (χ4n) is 3.56. The molecule has 0 aliphatic rings. The highest BCUT2D eigenvalue weighted by molar-refractivity contribution is 5.74. The van der Waals surface area contributed by atoms with Crippen LogP contribution >= 0.6 is 0 Å². The number of methoxy groups -OCH3 is 2. The van der Waals surface area contributed by atoms with E-state index < -0.39 is 0 Å². The van der Waals surface area contributed by atoms with Crippen LogP contribution in [0, 0.1) is 6.92 Å². The van der Waals surface area contributed by atoms with E-state index in [1.54, 1.807) is 31.2 Å². The van der Waals surface area contributed by atoms with Gasteiger partial charge in [0.05, 0.1) is 26.1 Å². The molecule has 2 aromatic heterocycles. The number of aromatic nitrogens is 5. The highest BCUT2D eigenvalue weighted by atomic mass is 16.5. The number of rotatable bonds is 10. The van der Waals surface area contributed by atoms with E-state index >= 15 is 0 Å². The van der Waals surface area contributed by atoms with Gasteiger partial charge in [0, 0.05) is 18.7 Å². The summed E-state index contributed by atoms with van der Waals surface area (Å²) in [5, 5.41) is 4.40. The van der Waals surface area contributed by atoms with Crippen LogP contribution in [0.25, 0.3) is 12.0 Å². The molecule has 9 heteroatoms. The summed E-state index contributed by atoms with van der Waals surface area (Å²) < 4.78 is 12.2. The van der Waals surface area contributed by atoms with Gasteiger partial charge in [-0.1, -0.05) is 24.3 Å². The molecule has 2 aromatic carbocycles. The Hall–Kier alpha value is -4.53. The Morgan fingerprint density at radius 3 is 2.06 bits per heavy atom. The van der Waals surface area contributed by atoms with Crippen molar-refractivity contribution in [1.29, 1.82) is 0 Å². The van der Waals surface area contributed by atoms with E-state index in [4.69, 9.17) is 14.5 Å². The molecule has 0 fully saturated rings. The predicted octanol–water partition coefficient (Wildman–Crippen LogP) is 3.80. The predicted molar refractivity (Wildman–Crippen MR) is 133 cm³/mol. The van der Waals surface area contributed by atoms with Crippen molar-refractivity contribution in [2.24, 2.45) is 0 Å². The van der Waals surface area contributed by atoms with Crippen molar-refractivity contribution >= 4 is 18.3 Å². The molecule has 0 aliphatic carbocycles. The Morgan fingerprint density at radius 1 is 0.914 bits per heavy atom. The molecule has 35 heavy (non-hydrogen) atoms. The first kappa shape index (κ1) is 23.6. The molecule has 4 rings (SSSR count). The molecule has 0 saturated heterocycles. The number of ether oxygens (including phenoxy) is 2. The molecule has 0 amide bonds. The van der Waals surface area contributed by atoms with E-state index in [9.17, 15) is 4.79 Å². The largest absolute Gasteiger partial charge is 0.497 e. The monoisotopic (exact) mass is 470 g/mol. The van der Waals surface area contributed by atoms with Crippen LogP contribution in [0.1, 0.15) is 22.4 Å². The fourth-order valence-corrected chi connectivity index (χ4v) is 3.56. The quantitative estimate of drug-likeness (QED) is 0.255. The number of carbonyl (C=O) groups is 1. The zero-order valence-electron chi connectivity index (χ0n) is 19.8. The number of carbonyl (C=O) groups excluding carboxylic acids is 1. The minimum absolute atomic E-state index is 0.396. The molecule has 0 atom stereocenters. The first-order valence-corrected chi connectivity index (χ1v) is 11.0. The summed E-state index contributed by atoms with van der Waals surface area (Å²) in [6.07, 6.45) is 7.01. The maximum Gasteiger partial charge on any atom is 0.255 e. The van der Waals surface area contributed by atoms with Crippen molar-refractivity contribution in [2.75, 3.05) is 19.1 Å². The zero-order valence-corrected chi connectivity index (χ0v) is 19.8. The normalized spacial score (nSPS) is 10.9. The molecule has 4 aromatic rings. The lowest BCUT2D eigenvalue weighted by Gasteiger charge is -2.23. The van der Waals surface area contributed by atoms with Crippen LogP contribution in [-0.4, -0.2) is 45.2 Å². The number of benzene rings is 2. The van der Waals surface area contributed by atoms with Crippen LogP contribution in [0.3, 0.4) is 0 Å². The van der Waals surface area contributed by atoms with Gasteiger partial charge in [0.15, 0.2) is 0 Å². The summed E-state index contributed by atoms with van der Waals surface area (Å²) in [4.78, 5) is 26.3. The zero-order chi connectivity index (χ0) is 24.6. The molecule has 0 radical (unpaired) electrons. The van der Waals surface area contributed by atoms with Crippen LogP contribution in [0.2, 0.25) is 0 Å². The Kier molecular flexibility index (Phi) is 7.47. The highest BCUT2D eigenvalue weighted by Crippen LogP contribution is 2.21. The molecule has 0 bridgehead atoms. The first-order chi connectivity index (χ1) is 17.1. The summed E-state index contributed by atoms with van der Waals surface area (Å²) in [6, 6.07) is 15.8. The second kappa shape index (κ2) is 11.1. The van der Waals surface area contributed by atoms with Crippen LogP contribution < -0.4 is 14.4 Å². The second-order valence-electron chi connectivity index (χ2n) is 7.73. The smallest absolute Gasteiger partial charge is 0.255 e. The lowest BCUT2D eigenvalue weighted by Crippen LogP contribution is -2.25. The molecule has 178 valence electrons. The van der Waals surface area contributed by atoms with Gasteiger partial charge in [0.1, 0.15) is 24.1 Å². The lowest BCUT2D eigenvalue weighted by atomic mass is 10.1. The van der Waals surface area contributed by atoms with Gasteiger partial charge >= 0.3 is 0 Å². The number of hydrogen-bond acceptors (Lipinski definition) is 8. The van der Waals surface area contributed by atoms with Gasteiger partial charge in [-0.2, -0.15) is 15.1 Å². The average Bonchev–Trinajstić information content (AvgIpc) is 3.28. The summed E-state index contributed by atoms with van der Waals surface area (Å²) in [5.41, 5.74) is 3.79. The third-order valence-corrected chi connectivity index (χ3v) is 5.49. The Bertz CT molecular complexity index is 1250. The van der Waals surface area contributed by atoms with Gasteiger partial charge in [-0.3, -0.25) is 4.79 Å². The van der Waals surface area contributed by atoms with E-state index in [1.807, 2.05) is 55.5 Å². The molecule has 0 saturated carbocycles. The van der Waals surface area contributed by atoms with Crippen LogP contribution in [0.5, 0.6) is 11.5 Å². The summed E-state index contributed by atoms with van der Waals surface area (Å²) >= 11 is 0. The van der Waals surface area contributed by atoms with Gasteiger partial charge in [-0.15, -0.1) is 0 Å². The van der Waals surface area contributed by atoms with Crippen molar-refractivity contribution in [3.63, 3.8) is 0 Å². The third kappa shape index (κ3) is 5.70. The van der Waals surface area contributed by atoms with Gasteiger partial charge in [-0.25, -0.2) is 9.67 Å². The molecule has 0 spiro atoms. The number of nitrogens with zero attached hydrogens (tertiary/aromatic N) is 6. The Labute approximate surface area is 203 Å². The molecule has 0 aliphatic heterocycles. The number of hydrogen-bond donors (Lipinski definition) is 0. The first-order valence-electron chi connectivity index (χ1n) is 11.0. The minimum atomic E-state index is 0.396. The molecule has 0 N–H and O–H groups in total. The molecular weight excluding hydrogens is 444 g/mol. The van der Waals surface area contributed by atoms with Crippen molar-refractivity contribution in [3.8, 4) is 17.4 Å². The number of anilines is 1. The number of aldehydes is 1. The second-order valence-corrected chi connectivity index (χ2v) is 7.73. The maximum atomic E-state index is 10.7. The minimum Gasteiger partial charge on any atom is -0.497 e. The van der Waals surface area contributed by atoms with Crippen LogP contribution in [0.15, 0.2) is 67.1 Å². The standard InChI is InChI=1S/C26H26N6O3/c1-19-22(5-4-14-33)15-29-32(19)26-28-18-27-25(30-26)31(16-20-6-10-23(34-2)11-7-20)17-21-8-12-24(35-3)13-9-21/h4-15,18H,16-17H2,1-3H3. The van der Waals surface area contributed by atoms with Crippen LogP contribution in [-0.2, 0) is 17.9 Å². The number of allylic oxidation sites excluding steroid dienone is 1. The van der Waals surface area contributed by atoms with Crippen molar-refractivity contribution < 1.29 is 14.3 Å². The maximum absolute atomic E-state index is 10.7. The molecular formula is C26H26N6O3. The van der Waals surface area contributed by atoms with E-state index in [0.29, 0.717) is 25.0 Å². The van der Waals surface area contributed by atoms with E-state index in [1.165, 1.54) is 12.4 Å². The lowest BCUT2D eigenvalue weighted by molar-refractivity contribution is -0.104. The van der Waals surface area contributed by atoms with E-state index in [2.05, 4.69) is 20.0 Å². The van der Waals surface area contributed by atoms with E-state index in [-0.39, 0.29) is 0 Å². The van der Waals surface area contributed by atoms with Crippen molar-refractivity contribution in [2.45, 2.75) is 20.0 Å². The van der Waals surface area contributed by atoms with Gasteiger partial charge in [0.25, 0.3) is 5.95 Å². The fraction of sp³-hybridized carbons (Fsp3) is 0.192. The molecule has 0 unspecified atom stereocenters. The summed E-state index contributed by atoms with van der Waals surface area (Å²) in [7, 11) is 3.30. The Balaban J connectivity index is 1.67. The van der Waals surface area contributed by atoms with Crippen molar-refractivity contribution in [3.05, 3.63) is 89.5 Å².